The zero-order chi connectivity index (χ0) is 17.2. The fourth-order valence-corrected chi connectivity index (χ4v) is 3.87. The van der Waals surface area contributed by atoms with Crippen LogP contribution in [0.4, 0.5) is 0 Å². The number of hydrogen-bond donors (Lipinski definition) is 1. The summed E-state index contributed by atoms with van der Waals surface area (Å²) in [6, 6.07) is 18.4. The van der Waals surface area contributed by atoms with Crippen LogP contribution in [0.1, 0.15) is 18.2 Å². The van der Waals surface area contributed by atoms with Gasteiger partial charge in [0.15, 0.2) is 0 Å². The van der Waals surface area contributed by atoms with Crippen LogP contribution in [0, 0.1) is 6.92 Å². The first-order valence-corrected chi connectivity index (χ1v) is 9.36. The number of nitrogens with zero attached hydrogens (tertiary/aromatic N) is 1. The Morgan fingerprint density at radius 2 is 1.71 bits per heavy atom. The standard InChI is InChI=1S/C19H20N2O2S/c1-14-7-11-18(12-8-14)24(22,23)21-15(2)13-17-10-9-16-5-3-4-6-19(16)20-17/h3-12,15,21H,13H2,1-2H3. The van der Waals surface area contributed by atoms with E-state index in [-0.39, 0.29) is 10.9 Å². The largest absolute Gasteiger partial charge is 0.253 e. The van der Waals surface area contributed by atoms with Crippen molar-refractivity contribution in [2.24, 2.45) is 0 Å². The lowest BCUT2D eigenvalue weighted by Gasteiger charge is -2.14. The molecule has 1 atom stereocenters. The van der Waals surface area contributed by atoms with E-state index < -0.39 is 10.0 Å². The Morgan fingerprint density at radius 3 is 2.46 bits per heavy atom. The second-order valence-electron chi connectivity index (χ2n) is 6.03. The van der Waals surface area contributed by atoms with E-state index >= 15 is 0 Å². The summed E-state index contributed by atoms with van der Waals surface area (Å²) < 4.78 is 27.6. The van der Waals surface area contributed by atoms with Crippen LogP contribution in [-0.4, -0.2) is 19.4 Å². The van der Waals surface area contributed by atoms with Crippen LogP contribution in [0.25, 0.3) is 10.9 Å². The summed E-state index contributed by atoms with van der Waals surface area (Å²) in [5, 5.41) is 1.08. The number of aromatic nitrogens is 1. The number of aryl methyl sites for hydroxylation is 1. The zero-order valence-corrected chi connectivity index (χ0v) is 14.5. The van der Waals surface area contributed by atoms with Crippen LogP contribution in [0.15, 0.2) is 65.6 Å². The number of hydrogen-bond acceptors (Lipinski definition) is 3. The van der Waals surface area contributed by atoms with Crippen LogP contribution in [0.2, 0.25) is 0 Å². The predicted octanol–water partition coefficient (Wildman–Crippen LogP) is 3.45. The van der Waals surface area contributed by atoms with Gasteiger partial charge in [0.25, 0.3) is 0 Å². The number of pyridine rings is 1. The molecule has 5 heteroatoms. The van der Waals surface area contributed by atoms with E-state index in [9.17, 15) is 8.42 Å². The number of nitrogens with one attached hydrogen (secondary N) is 1. The first kappa shape index (κ1) is 16.6. The van der Waals surface area contributed by atoms with Gasteiger partial charge in [-0.3, -0.25) is 4.98 Å². The van der Waals surface area contributed by atoms with Crippen LogP contribution >= 0.6 is 0 Å². The number of sulfonamides is 1. The Bertz CT molecular complexity index is 951. The molecule has 1 N–H and O–H groups in total. The summed E-state index contributed by atoms with van der Waals surface area (Å²) in [5.74, 6) is 0. The lowest BCUT2D eigenvalue weighted by Crippen LogP contribution is -2.34. The quantitative estimate of drug-likeness (QED) is 0.774. The summed E-state index contributed by atoms with van der Waals surface area (Å²) >= 11 is 0. The number of fused-ring (bicyclic) bond motifs is 1. The highest BCUT2D eigenvalue weighted by Gasteiger charge is 2.17. The van der Waals surface area contributed by atoms with Crippen molar-refractivity contribution in [2.75, 3.05) is 0 Å². The number of para-hydroxylation sites is 1. The van der Waals surface area contributed by atoms with Gasteiger partial charge in [0, 0.05) is 23.5 Å². The lowest BCUT2D eigenvalue weighted by atomic mass is 10.1. The van der Waals surface area contributed by atoms with E-state index in [1.54, 1.807) is 24.3 Å². The normalized spacial score (nSPS) is 13.1. The highest BCUT2D eigenvalue weighted by molar-refractivity contribution is 7.89. The molecule has 0 fully saturated rings. The Hall–Kier alpha value is -2.24. The third kappa shape index (κ3) is 3.80. The van der Waals surface area contributed by atoms with Crippen molar-refractivity contribution in [3.8, 4) is 0 Å². The molecule has 0 amide bonds. The topological polar surface area (TPSA) is 59.1 Å². The van der Waals surface area contributed by atoms with E-state index in [4.69, 9.17) is 0 Å². The van der Waals surface area contributed by atoms with E-state index in [2.05, 4.69) is 9.71 Å². The first-order valence-electron chi connectivity index (χ1n) is 7.88. The molecule has 0 saturated heterocycles. The van der Waals surface area contributed by atoms with Gasteiger partial charge in [-0.05, 0) is 38.1 Å². The maximum Gasteiger partial charge on any atom is 0.240 e. The molecule has 1 heterocycles. The van der Waals surface area contributed by atoms with Crippen LogP contribution in [0.5, 0.6) is 0 Å². The minimum absolute atomic E-state index is 0.245. The minimum Gasteiger partial charge on any atom is -0.253 e. The van der Waals surface area contributed by atoms with E-state index in [1.807, 2.05) is 50.2 Å². The summed E-state index contributed by atoms with van der Waals surface area (Å²) in [7, 11) is -3.52. The second-order valence-corrected chi connectivity index (χ2v) is 7.75. The van der Waals surface area contributed by atoms with Crippen molar-refractivity contribution < 1.29 is 8.42 Å². The first-order chi connectivity index (χ1) is 11.4. The van der Waals surface area contributed by atoms with E-state index in [0.717, 1.165) is 22.2 Å². The van der Waals surface area contributed by atoms with Crippen molar-refractivity contribution >= 4 is 20.9 Å². The second kappa shape index (κ2) is 6.71. The molecule has 3 rings (SSSR count). The molecular formula is C19H20N2O2S. The van der Waals surface area contributed by atoms with Gasteiger partial charge in [-0.2, -0.15) is 0 Å². The molecule has 3 aromatic rings. The third-order valence-corrected chi connectivity index (χ3v) is 5.46. The predicted molar refractivity (Wildman–Crippen MR) is 96.4 cm³/mol. The Morgan fingerprint density at radius 1 is 1.00 bits per heavy atom. The van der Waals surface area contributed by atoms with Gasteiger partial charge < -0.3 is 0 Å². The van der Waals surface area contributed by atoms with E-state index in [1.165, 1.54) is 0 Å². The Kier molecular flexibility index (Phi) is 4.64. The molecule has 0 radical (unpaired) electrons. The van der Waals surface area contributed by atoms with Gasteiger partial charge in [0.1, 0.15) is 0 Å². The highest BCUT2D eigenvalue weighted by Crippen LogP contribution is 2.14. The molecule has 124 valence electrons. The number of rotatable bonds is 5. The summed E-state index contributed by atoms with van der Waals surface area (Å²) in [6.45, 7) is 3.78. The fraction of sp³-hybridized carbons (Fsp3) is 0.211. The van der Waals surface area contributed by atoms with Crippen LogP contribution in [-0.2, 0) is 16.4 Å². The summed E-state index contributed by atoms with van der Waals surface area (Å²) in [4.78, 5) is 4.88. The molecule has 0 spiro atoms. The summed E-state index contributed by atoms with van der Waals surface area (Å²) in [6.07, 6.45) is 0.538. The van der Waals surface area contributed by atoms with E-state index in [0.29, 0.717) is 6.42 Å². The SMILES string of the molecule is Cc1ccc(S(=O)(=O)NC(C)Cc2ccc3ccccc3n2)cc1. The van der Waals surface area contributed by atoms with Crippen molar-refractivity contribution in [2.45, 2.75) is 31.2 Å². The Labute approximate surface area is 142 Å². The summed E-state index contributed by atoms with van der Waals surface area (Å²) in [5.41, 5.74) is 2.82. The average molecular weight is 340 g/mol. The highest BCUT2D eigenvalue weighted by atomic mass is 32.2. The minimum atomic E-state index is -3.52. The van der Waals surface area contributed by atoms with Crippen molar-refractivity contribution in [3.63, 3.8) is 0 Å². The molecule has 0 bridgehead atoms. The molecule has 1 aromatic heterocycles. The molecule has 0 aliphatic carbocycles. The molecule has 0 aliphatic rings. The van der Waals surface area contributed by atoms with Gasteiger partial charge in [-0.25, -0.2) is 13.1 Å². The van der Waals surface area contributed by atoms with Crippen LogP contribution < -0.4 is 4.72 Å². The molecule has 24 heavy (non-hydrogen) atoms. The lowest BCUT2D eigenvalue weighted by molar-refractivity contribution is 0.558. The molecular weight excluding hydrogens is 320 g/mol. The average Bonchev–Trinajstić information content (AvgIpc) is 2.54. The monoisotopic (exact) mass is 340 g/mol. The molecule has 2 aromatic carbocycles. The molecule has 1 unspecified atom stereocenters. The van der Waals surface area contributed by atoms with Gasteiger partial charge in [-0.1, -0.05) is 42.0 Å². The number of benzene rings is 2. The smallest absolute Gasteiger partial charge is 0.240 e. The van der Waals surface area contributed by atoms with Crippen molar-refractivity contribution in [1.29, 1.82) is 0 Å². The van der Waals surface area contributed by atoms with Gasteiger partial charge in [-0.15, -0.1) is 0 Å². The molecule has 4 nitrogen and oxygen atoms in total. The van der Waals surface area contributed by atoms with Gasteiger partial charge >= 0.3 is 0 Å². The van der Waals surface area contributed by atoms with Crippen LogP contribution in [0.3, 0.4) is 0 Å². The molecule has 0 saturated carbocycles. The third-order valence-electron chi connectivity index (χ3n) is 3.86. The van der Waals surface area contributed by atoms with Gasteiger partial charge in [0.2, 0.25) is 10.0 Å². The van der Waals surface area contributed by atoms with Crippen molar-refractivity contribution in [3.05, 3.63) is 71.9 Å². The van der Waals surface area contributed by atoms with Gasteiger partial charge in [0.05, 0.1) is 10.4 Å². The zero-order valence-electron chi connectivity index (χ0n) is 13.7. The fourth-order valence-electron chi connectivity index (χ4n) is 2.63. The van der Waals surface area contributed by atoms with Crippen molar-refractivity contribution in [1.82, 2.24) is 9.71 Å². The molecule has 0 aliphatic heterocycles. The maximum atomic E-state index is 12.4. The maximum absolute atomic E-state index is 12.4. The Balaban J connectivity index is 1.74.